The molecule has 0 radical (unpaired) electrons. The molecule has 1 aliphatic heterocycles. The van der Waals surface area contributed by atoms with E-state index in [1.165, 1.54) is 9.71 Å². The number of nitrogens with zero attached hydrogens (tertiary/aromatic N) is 2. The van der Waals surface area contributed by atoms with E-state index in [1.54, 1.807) is 23.5 Å². The van der Waals surface area contributed by atoms with E-state index in [1.807, 2.05) is 29.2 Å². The molecule has 2 heterocycles. The Bertz CT molecular complexity index is 852. The summed E-state index contributed by atoms with van der Waals surface area (Å²) in [5.74, 6) is 0.442. The van der Waals surface area contributed by atoms with Crippen LogP contribution in [0.2, 0.25) is 5.02 Å². The van der Waals surface area contributed by atoms with Crippen molar-refractivity contribution >= 4 is 44.9 Å². The number of urea groups is 1. The summed E-state index contributed by atoms with van der Waals surface area (Å²) < 4.78 is 1.24. The molecule has 1 N–H and O–H groups in total. The average molecular weight is 372 g/mol. The second-order valence-electron chi connectivity index (χ2n) is 6.22. The molecule has 0 unspecified atom stereocenters. The lowest BCUT2D eigenvalue weighted by Crippen LogP contribution is -2.40. The molecule has 6 heteroatoms. The van der Waals surface area contributed by atoms with Crippen LogP contribution in [0.25, 0.3) is 10.2 Å². The first-order valence-electron chi connectivity index (χ1n) is 8.36. The maximum atomic E-state index is 12.4. The van der Waals surface area contributed by atoms with Gasteiger partial charge in [-0.3, -0.25) is 0 Å². The average Bonchev–Trinajstić information content (AvgIpc) is 3.08. The van der Waals surface area contributed by atoms with Crippen LogP contribution < -0.4 is 5.32 Å². The van der Waals surface area contributed by atoms with Crippen molar-refractivity contribution in [2.24, 2.45) is 0 Å². The number of thiazole rings is 1. The van der Waals surface area contributed by atoms with Gasteiger partial charge in [0, 0.05) is 29.7 Å². The van der Waals surface area contributed by atoms with Gasteiger partial charge in [0.25, 0.3) is 0 Å². The summed E-state index contributed by atoms with van der Waals surface area (Å²) in [5, 5.41) is 4.79. The van der Waals surface area contributed by atoms with Gasteiger partial charge in [-0.05, 0) is 49.2 Å². The number of piperidine rings is 1. The van der Waals surface area contributed by atoms with Crippen molar-refractivity contribution in [1.29, 1.82) is 0 Å². The highest BCUT2D eigenvalue weighted by atomic mass is 35.5. The van der Waals surface area contributed by atoms with Crippen molar-refractivity contribution in [3.63, 3.8) is 0 Å². The van der Waals surface area contributed by atoms with Gasteiger partial charge in [0.2, 0.25) is 0 Å². The molecule has 4 rings (SSSR count). The minimum absolute atomic E-state index is 0.0509. The zero-order valence-electron chi connectivity index (χ0n) is 13.6. The Morgan fingerprint density at radius 2 is 1.84 bits per heavy atom. The van der Waals surface area contributed by atoms with Gasteiger partial charge in [0.15, 0.2) is 0 Å². The fourth-order valence-corrected chi connectivity index (χ4v) is 4.39. The van der Waals surface area contributed by atoms with Crippen LogP contribution in [0.5, 0.6) is 0 Å². The van der Waals surface area contributed by atoms with Crippen LogP contribution in [0.3, 0.4) is 0 Å². The summed E-state index contributed by atoms with van der Waals surface area (Å²) >= 11 is 7.65. The molecule has 25 heavy (non-hydrogen) atoms. The molecule has 1 aliphatic rings. The van der Waals surface area contributed by atoms with Crippen molar-refractivity contribution < 1.29 is 4.79 Å². The van der Waals surface area contributed by atoms with Gasteiger partial charge in [-0.15, -0.1) is 11.3 Å². The number of benzene rings is 2. The summed E-state index contributed by atoms with van der Waals surface area (Å²) in [5.41, 5.74) is 1.84. The molecule has 128 valence electrons. The van der Waals surface area contributed by atoms with Gasteiger partial charge in [-0.1, -0.05) is 23.7 Å². The number of halogens is 1. The highest BCUT2D eigenvalue weighted by molar-refractivity contribution is 7.18. The summed E-state index contributed by atoms with van der Waals surface area (Å²) in [4.78, 5) is 19.0. The quantitative estimate of drug-likeness (QED) is 0.658. The number of nitrogens with one attached hydrogen (secondary N) is 1. The van der Waals surface area contributed by atoms with Gasteiger partial charge in [0.1, 0.15) is 0 Å². The molecule has 1 fully saturated rings. The molecular formula is C19H18ClN3OS. The molecule has 1 aromatic heterocycles. The minimum atomic E-state index is -0.0509. The Labute approximate surface area is 155 Å². The Hall–Kier alpha value is -2.11. The van der Waals surface area contributed by atoms with Gasteiger partial charge < -0.3 is 10.2 Å². The Morgan fingerprint density at radius 3 is 2.56 bits per heavy atom. The van der Waals surface area contributed by atoms with Gasteiger partial charge >= 0.3 is 6.03 Å². The molecule has 2 aromatic carbocycles. The second-order valence-corrected chi connectivity index (χ2v) is 7.72. The number of hydrogen-bond donors (Lipinski definition) is 1. The Balaban J connectivity index is 1.37. The molecule has 2 amide bonds. The third-order valence-corrected chi connectivity index (χ3v) is 5.99. The Kier molecular flexibility index (Phi) is 4.59. The predicted octanol–water partition coefficient (Wildman–Crippen LogP) is 5.36. The number of rotatable bonds is 2. The van der Waals surface area contributed by atoms with Crippen LogP contribution in [0.1, 0.15) is 23.8 Å². The Morgan fingerprint density at radius 1 is 1.12 bits per heavy atom. The number of para-hydroxylation sites is 1. The summed E-state index contributed by atoms with van der Waals surface area (Å²) in [6.45, 7) is 1.50. The maximum absolute atomic E-state index is 12.4. The van der Waals surface area contributed by atoms with E-state index < -0.39 is 0 Å². The fourth-order valence-electron chi connectivity index (χ4n) is 3.13. The summed E-state index contributed by atoms with van der Waals surface area (Å²) in [6, 6.07) is 15.4. The van der Waals surface area contributed by atoms with Crippen LogP contribution in [0.15, 0.2) is 48.5 Å². The molecule has 0 bridgehead atoms. The van der Waals surface area contributed by atoms with Gasteiger partial charge in [0.05, 0.1) is 15.2 Å². The third kappa shape index (κ3) is 3.62. The van der Waals surface area contributed by atoms with E-state index >= 15 is 0 Å². The smallest absolute Gasteiger partial charge is 0.321 e. The molecule has 1 saturated heterocycles. The SMILES string of the molecule is O=C(Nc1ccc(Cl)cc1)N1CCC(c2nc3ccccc3s2)CC1. The number of aromatic nitrogens is 1. The minimum Gasteiger partial charge on any atom is -0.324 e. The van der Waals surface area contributed by atoms with Gasteiger partial charge in [-0.25, -0.2) is 9.78 Å². The predicted molar refractivity (Wildman–Crippen MR) is 104 cm³/mol. The number of fused-ring (bicyclic) bond motifs is 1. The summed E-state index contributed by atoms with van der Waals surface area (Å²) in [6.07, 6.45) is 1.90. The lowest BCUT2D eigenvalue weighted by atomic mass is 9.98. The molecular weight excluding hydrogens is 354 g/mol. The van der Waals surface area contributed by atoms with Crippen molar-refractivity contribution in [3.05, 3.63) is 58.6 Å². The van der Waals surface area contributed by atoms with E-state index in [0.717, 1.165) is 37.1 Å². The van der Waals surface area contributed by atoms with Crippen LogP contribution in [0, 0.1) is 0 Å². The third-order valence-electron chi connectivity index (χ3n) is 4.54. The van der Waals surface area contributed by atoms with Crippen LogP contribution >= 0.6 is 22.9 Å². The largest absolute Gasteiger partial charge is 0.324 e. The van der Waals surface area contributed by atoms with Crippen molar-refractivity contribution in [2.75, 3.05) is 18.4 Å². The number of anilines is 1. The van der Waals surface area contributed by atoms with Crippen molar-refractivity contribution in [2.45, 2.75) is 18.8 Å². The zero-order chi connectivity index (χ0) is 17.2. The molecule has 0 saturated carbocycles. The van der Waals surface area contributed by atoms with E-state index in [0.29, 0.717) is 10.9 Å². The second kappa shape index (κ2) is 7.02. The number of carbonyl (C=O) groups excluding carboxylic acids is 1. The van der Waals surface area contributed by atoms with Gasteiger partial charge in [-0.2, -0.15) is 0 Å². The number of carbonyl (C=O) groups is 1. The number of hydrogen-bond acceptors (Lipinski definition) is 3. The van der Waals surface area contributed by atoms with Crippen LogP contribution in [-0.4, -0.2) is 29.0 Å². The highest BCUT2D eigenvalue weighted by Crippen LogP contribution is 2.33. The molecule has 0 atom stereocenters. The molecule has 0 spiro atoms. The van der Waals surface area contributed by atoms with Crippen LogP contribution in [-0.2, 0) is 0 Å². The zero-order valence-corrected chi connectivity index (χ0v) is 15.2. The lowest BCUT2D eigenvalue weighted by molar-refractivity contribution is 0.194. The summed E-state index contributed by atoms with van der Waals surface area (Å²) in [7, 11) is 0. The van der Waals surface area contributed by atoms with Crippen molar-refractivity contribution in [1.82, 2.24) is 9.88 Å². The van der Waals surface area contributed by atoms with E-state index in [2.05, 4.69) is 17.4 Å². The topological polar surface area (TPSA) is 45.2 Å². The fraction of sp³-hybridized carbons (Fsp3) is 0.263. The first-order valence-corrected chi connectivity index (χ1v) is 9.55. The maximum Gasteiger partial charge on any atom is 0.321 e. The van der Waals surface area contributed by atoms with Crippen LogP contribution in [0.4, 0.5) is 10.5 Å². The molecule has 0 aliphatic carbocycles. The highest BCUT2D eigenvalue weighted by Gasteiger charge is 2.25. The standard InChI is InChI=1S/C19H18ClN3OS/c20-14-5-7-15(8-6-14)21-19(24)23-11-9-13(10-12-23)18-22-16-3-1-2-4-17(16)25-18/h1-8,13H,9-12H2,(H,21,24). The first kappa shape index (κ1) is 16.4. The first-order chi connectivity index (χ1) is 12.2. The number of likely N-dealkylation sites (tertiary alicyclic amines) is 1. The lowest BCUT2D eigenvalue weighted by Gasteiger charge is -2.31. The molecule has 4 nitrogen and oxygen atoms in total. The number of amides is 2. The molecule has 3 aromatic rings. The van der Waals surface area contributed by atoms with E-state index in [4.69, 9.17) is 16.6 Å². The van der Waals surface area contributed by atoms with E-state index in [9.17, 15) is 4.79 Å². The normalized spacial score (nSPS) is 15.5. The monoisotopic (exact) mass is 371 g/mol. The van der Waals surface area contributed by atoms with Crippen molar-refractivity contribution in [3.8, 4) is 0 Å². The van der Waals surface area contributed by atoms with E-state index in [-0.39, 0.29) is 6.03 Å².